The molecular weight excluding hydrogens is 288 g/mol. The Labute approximate surface area is 136 Å². The van der Waals surface area contributed by atoms with Crippen LogP contribution in [-0.2, 0) is 9.53 Å². The lowest BCUT2D eigenvalue weighted by atomic mass is 10.0. The van der Waals surface area contributed by atoms with E-state index >= 15 is 0 Å². The Kier molecular flexibility index (Phi) is 5.05. The lowest BCUT2D eigenvalue weighted by Gasteiger charge is -2.25. The van der Waals surface area contributed by atoms with Crippen molar-refractivity contribution in [2.75, 3.05) is 19.8 Å². The van der Waals surface area contributed by atoms with Crippen LogP contribution < -0.4 is 10.6 Å². The van der Waals surface area contributed by atoms with Crippen molar-refractivity contribution >= 4 is 5.91 Å². The number of rotatable bonds is 4. The summed E-state index contributed by atoms with van der Waals surface area (Å²) in [6.07, 6.45) is 0. The fourth-order valence-corrected chi connectivity index (χ4v) is 2.73. The second kappa shape index (κ2) is 7.40. The van der Waals surface area contributed by atoms with E-state index in [1.807, 2.05) is 25.1 Å². The maximum absolute atomic E-state index is 12.2. The van der Waals surface area contributed by atoms with Crippen molar-refractivity contribution in [1.82, 2.24) is 10.6 Å². The fraction of sp³-hybridized carbons (Fsp3) is 0.316. The molecule has 0 saturated carbocycles. The average molecular weight is 310 g/mol. The Morgan fingerprint density at radius 1 is 1.13 bits per heavy atom. The van der Waals surface area contributed by atoms with Crippen LogP contribution in [0.15, 0.2) is 54.6 Å². The number of hydrogen-bond donors (Lipinski definition) is 2. The zero-order chi connectivity index (χ0) is 16.1. The van der Waals surface area contributed by atoms with Gasteiger partial charge in [-0.25, -0.2) is 0 Å². The van der Waals surface area contributed by atoms with Crippen molar-refractivity contribution in [2.45, 2.75) is 19.0 Å². The summed E-state index contributed by atoms with van der Waals surface area (Å²) in [5.41, 5.74) is 3.46. The van der Waals surface area contributed by atoms with Crippen LogP contribution in [0.1, 0.15) is 18.5 Å². The zero-order valence-electron chi connectivity index (χ0n) is 13.3. The minimum absolute atomic E-state index is 0.00987. The van der Waals surface area contributed by atoms with Crippen LogP contribution in [-0.4, -0.2) is 31.7 Å². The number of nitrogens with one attached hydrogen (secondary N) is 2. The van der Waals surface area contributed by atoms with Gasteiger partial charge in [0.15, 0.2) is 0 Å². The lowest BCUT2D eigenvalue weighted by Crippen LogP contribution is -2.51. The molecule has 1 aliphatic heterocycles. The van der Waals surface area contributed by atoms with Gasteiger partial charge in [-0.15, -0.1) is 0 Å². The molecule has 1 saturated heterocycles. The van der Waals surface area contributed by atoms with Crippen molar-refractivity contribution in [2.24, 2.45) is 0 Å². The minimum atomic E-state index is -0.255. The Morgan fingerprint density at radius 3 is 2.48 bits per heavy atom. The molecule has 4 heteroatoms. The molecule has 0 aromatic heterocycles. The second-order valence-corrected chi connectivity index (χ2v) is 5.80. The predicted molar refractivity (Wildman–Crippen MR) is 91.0 cm³/mol. The Morgan fingerprint density at radius 2 is 1.83 bits per heavy atom. The SMILES string of the molecule is CC(NC(=O)C1COCCN1)c1ccc(-c2ccccc2)cc1. The van der Waals surface area contributed by atoms with E-state index in [0.29, 0.717) is 13.2 Å². The van der Waals surface area contributed by atoms with Crippen molar-refractivity contribution in [3.63, 3.8) is 0 Å². The first-order valence-corrected chi connectivity index (χ1v) is 8.01. The van der Waals surface area contributed by atoms with E-state index in [-0.39, 0.29) is 18.0 Å². The molecule has 2 aromatic rings. The lowest BCUT2D eigenvalue weighted by molar-refractivity contribution is -0.126. The van der Waals surface area contributed by atoms with Gasteiger partial charge < -0.3 is 15.4 Å². The molecule has 1 amide bonds. The summed E-state index contributed by atoms with van der Waals surface area (Å²) in [4.78, 5) is 12.2. The van der Waals surface area contributed by atoms with Gasteiger partial charge in [0, 0.05) is 6.54 Å². The molecule has 1 fully saturated rings. The third kappa shape index (κ3) is 3.97. The Bertz CT molecular complexity index is 634. The molecule has 0 aliphatic carbocycles. The highest BCUT2D eigenvalue weighted by Gasteiger charge is 2.22. The molecular formula is C19H22N2O2. The topological polar surface area (TPSA) is 50.4 Å². The Balaban J connectivity index is 1.63. The molecule has 2 N–H and O–H groups in total. The first-order valence-electron chi connectivity index (χ1n) is 8.01. The molecule has 0 radical (unpaired) electrons. The highest BCUT2D eigenvalue weighted by atomic mass is 16.5. The van der Waals surface area contributed by atoms with Crippen LogP contribution in [0.3, 0.4) is 0 Å². The van der Waals surface area contributed by atoms with E-state index in [9.17, 15) is 4.79 Å². The molecule has 0 bridgehead atoms. The summed E-state index contributed by atoms with van der Waals surface area (Å²) in [6.45, 7) is 3.82. The fourth-order valence-electron chi connectivity index (χ4n) is 2.73. The highest BCUT2D eigenvalue weighted by Crippen LogP contribution is 2.21. The number of carbonyl (C=O) groups is 1. The van der Waals surface area contributed by atoms with E-state index in [2.05, 4.69) is 47.0 Å². The maximum atomic E-state index is 12.2. The number of benzene rings is 2. The van der Waals surface area contributed by atoms with Crippen LogP contribution in [0.25, 0.3) is 11.1 Å². The quantitative estimate of drug-likeness (QED) is 0.912. The van der Waals surface area contributed by atoms with E-state index < -0.39 is 0 Å². The van der Waals surface area contributed by atoms with Crippen molar-refractivity contribution in [3.05, 3.63) is 60.2 Å². The molecule has 1 heterocycles. The summed E-state index contributed by atoms with van der Waals surface area (Å²) in [7, 11) is 0. The van der Waals surface area contributed by atoms with Gasteiger partial charge in [-0.1, -0.05) is 54.6 Å². The van der Waals surface area contributed by atoms with Gasteiger partial charge >= 0.3 is 0 Å². The second-order valence-electron chi connectivity index (χ2n) is 5.80. The first kappa shape index (κ1) is 15.7. The van der Waals surface area contributed by atoms with E-state index in [4.69, 9.17) is 4.74 Å². The van der Waals surface area contributed by atoms with Gasteiger partial charge in [0.25, 0.3) is 0 Å². The maximum Gasteiger partial charge on any atom is 0.240 e. The van der Waals surface area contributed by atoms with Gasteiger partial charge in [0.2, 0.25) is 5.91 Å². The summed E-state index contributed by atoms with van der Waals surface area (Å²) < 4.78 is 5.33. The molecule has 2 unspecified atom stereocenters. The van der Waals surface area contributed by atoms with Crippen molar-refractivity contribution in [1.29, 1.82) is 0 Å². The number of carbonyl (C=O) groups excluding carboxylic acids is 1. The van der Waals surface area contributed by atoms with Crippen LogP contribution in [0.4, 0.5) is 0 Å². The molecule has 1 aliphatic rings. The summed E-state index contributed by atoms with van der Waals surface area (Å²) in [5.74, 6) is -0.00987. The molecule has 4 nitrogen and oxygen atoms in total. The largest absolute Gasteiger partial charge is 0.378 e. The molecule has 23 heavy (non-hydrogen) atoms. The van der Waals surface area contributed by atoms with Gasteiger partial charge in [-0.2, -0.15) is 0 Å². The van der Waals surface area contributed by atoms with Crippen molar-refractivity contribution in [3.8, 4) is 11.1 Å². The number of morpholine rings is 1. The third-order valence-electron chi connectivity index (χ3n) is 4.11. The molecule has 2 atom stereocenters. The first-order chi connectivity index (χ1) is 11.2. The number of amides is 1. The van der Waals surface area contributed by atoms with E-state index in [1.165, 1.54) is 11.1 Å². The summed E-state index contributed by atoms with van der Waals surface area (Å²) in [6, 6.07) is 18.3. The van der Waals surface area contributed by atoms with Crippen LogP contribution >= 0.6 is 0 Å². The number of hydrogen-bond acceptors (Lipinski definition) is 3. The normalized spacial score (nSPS) is 19.1. The molecule has 2 aromatic carbocycles. The van der Waals surface area contributed by atoms with Gasteiger partial charge in [-0.3, -0.25) is 4.79 Å². The standard InChI is InChI=1S/C19H22N2O2/c1-14(21-19(22)18-13-23-12-11-20-18)15-7-9-17(10-8-15)16-5-3-2-4-6-16/h2-10,14,18,20H,11-13H2,1H3,(H,21,22). The van der Waals surface area contributed by atoms with Crippen LogP contribution in [0.5, 0.6) is 0 Å². The number of ether oxygens (including phenoxy) is 1. The molecule has 0 spiro atoms. The summed E-state index contributed by atoms with van der Waals surface area (Å²) >= 11 is 0. The van der Waals surface area contributed by atoms with Crippen molar-refractivity contribution < 1.29 is 9.53 Å². The average Bonchev–Trinajstić information content (AvgIpc) is 2.63. The summed E-state index contributed by atoms with van der Waals surface area (Å²) in [5, 5.41) is 6.21. The van der Waals surface area contributed by atoms with Crippen LogP contribution in [0.2, 0.25) is 0 Å². The minimum Gasteiger partial charge on any atom is -0.378 e. The molecule has 120 valence electrons. The van der Waals surface area contributed by atoms with Crippen LogP contribution in [0, 0.1) is 0 Å². The van der Waals surface area contributed by atoms with Gasteiger partial charge in [0.05, 0.1) is 19.3 Å². The van der Waals surface area contributed by atoms with Gasteiger partial charge in [0.1, 0.15) is 6.04 Å². The third-order valence-corrected chi connectivity index (χ3v) is 4.11. The molecule has 3 rings (SSSR count). The smallest absolute Gasteiger partial charge is 0.240 e. The van der Waals surface area contributed by atoms with E-state index in [0.717, 1.165) is 12.1 Å². The Hall–Kier alpha value is -2.17. The zero-order valence-corrected chi connectivity index (χ0v) is 13.3. The van der Waals surface area contributed by atoms with E-state index in [1.54, 1.807) is 0 Å². The predicted octanol–water partition coefficient (Wildman–Crippen LogP) is 2.52. The monoisotopic (exact) mass is 310 g/mol. The van der Waals surface area contributed by atoms with Gasteiger partial charge in [-0.05, 0) is 23.6 Å². The highest BCUT2D eigenvalue weighted by molar-refractivity contribution is 5.82.